The number of hydrogen-bond acceptors (Lipinski definition) is 10. The first kappa shape index (κ1) is 27.1. The van der Waals surface area contributed by atoms with Crippen LogP contribution in [0.2, 0.25) is 0 Å². The second kappa shape index (κ2) is 11.2. The van der Waals surface area contributed by atoms with Gasteiger partial charge in [0.15, 0.2) is 11.5 Å². The smallest absolute Gasteiger partial charge is 0.410 e. The molecule has 0 spiro atoms. The number of amides is 2. The highest BCUT2D eigenvalue weighted by Crippen LogP contribution is 2.27. The van der Waals surface area contributed by atoms with Crippen molar-refractivity contribution in [2.24, 2.45) is 5.73 Å². The zero-order valence-corrected chi connectivity index (χ0v) is 21.8. The summed E-state index contributed by atoms with van der Waals surface area (Å²) in [4.78, 5) is 47.0. The molecule has 1 fully saturated rings. The van der Waals surface area contributed by atoms with Crippen LogP contribution in [0, 0.1) is 10.1 Å². The van der Waals surface area contributed by atoms with E-state index in [9.17, 15) is 19.7 Å². The Morgan fingerprint density at radius 2 is 1.77 bits per heavy atom. The predicted octanol–water partition coefficient (Wildman–Crippen LogP) is 4.08. The van der Waals surface area contributed by atoms with Crippen LogP contribution in [0.5, 0.6) is 11.6 Å². The molecule has 0 aliphatic carbocycles. The van der Waals surface area contributed by atoms with Crippen molar-refractivity contribution in [2.75, 3.05) is 36.4 Å². The lowest BCUT2D eigenvalue weighted by atomic mass is 10.2. The van der Waals surface area contributed by atoms with E-state index < -0.39 is 16.4 Å². The zero-order valence-electron chi connectivity index (χ0n) is 21.8. The summed E-state index contributed by atoms with van der Waals surface area (Å²) in [5.74, 6) is -0.509. The van der Waals surface area contributed by atoms with Gasteiger partial charge in [0.05, 0.1) is 17.2 Å². The Hall–Kier alpha value is -4.94. The quantitative estimate of drug-likeness (QED) is 0.332. The minimum Gasteiger partial charge on any atom is -0.444 e. The Labute approximate surface area is 224 Å². The Morgan fingerprint density at radius 3 is 2.38 bits per heavy atom. The van der Waals surface area contributed by atoms with Crippen LogP contribution in [0.1, 0.15) is 31.3 Å². The highest BCUT2D eigenvalue weighted by atomic mass is 16.6. The number of nitrogens with zero attached hydrogens (tertiary/aromatic N) is 5. The fourth-order valence-corrected chi connectivity index (χ4v) is 3.84. The van der Waals surface area contributed by atoms with Crippen LogP contribution in [0.4, 0.5) is 27.7 Å². The lowest BCUT2D eigenvalue weighted by Gasteiger charge is -2.36. The van der Waals surface area contributed by atoms with Crippen molar-refractivity contribution in [1.82, 2.24) is 14.9 Å². The van der Waals surface area contributed by atoms with Gasteiger partial charge in [-0.2, -0.15) is 4.98 Å². The van der Waals surface area contributed by atoms with Crippen LogP contribution in [-0.2, 0) is 4.74 Å². The van der Waals surface area contributed by atoms with Crippen LogP contribution in [-0.4, -0.2) is 63.6 Å². The van der Waals surface area contributed by atoms with Crippen molar-refractivity contribution < 1.29 is 24.0 Å². The van der Waals surface area contributed by atoms with Crippen molar-refractivity contribution in [3.8, 4) is 11.6 Å². The van der Waals surface area contributed by atoms with Crippen LogP contribution < -0.4 is 20.7 Å². The van der Waals surface area contributed by atoms with Crippen molar-refractivity contribution in [2.45, 2.75) is 26.4 Å². The number of nitrogens with one attached hydrogen (secondary N) is 1. The number of hydrogen-bond donors (Lipinski definition) is 2. The number of ether oxygens (including phenoxy) is 2. The molecule has 0 bridgehead atoms. The average molecular weight is 536 g/mol. The lowest BCUT2D eigenvalue weighted by Crippen LogP contribution is -2.50. The maximum atomic E-state index is 12.3. The molecule has 0 atom stereocenters. The summed E-state index contributed by atoms with van der Waals surface area (Å²) >= 11 is 0. The molecule has 204 valence electrons. The number of nitro benzene ring substituents is 1. The average Bonchev–Trinajstić information content (AvgIpc) is 2.88. The molecule has 3 aromatic rings. The van der Waals surface area contributed by atoms with Gasteiger partial charge in [-0.15, -0.1) is 0 Å². The number of non-ortho nitro benzene ring substituents is 1. The van der Waals surface area contributed by atoms with E-state index >= 15 is 0 Å². The number of carbonyl (C=O) groups excluding carboxylic acids is 2. The topological polar surface area (TPSA) is 166 Å². The third-order valence-electron chi connectivity index (χ3n) is 5.66. The van der Waals surface area contributed by atoms with Gasteiger partial charge in [0.25, 0.3) is 11.6 Å². The van der Waals surface area contributed by atoms with E-state index in [0.717, 1.165) is 5.69 Å². The van der Waals surface area contributed by atoms with Crippen molar-refractivity contribution in [3.63, 3.8) is 0 Å². The molecule has 2 aromatic carbocycles. The van der Waals surface area contributed by atoms with Crippen molar-refractivity contribution >= 4 is 34.9 Å². The number of primary amides is 1. The first-order chi connectivity index (χ1) is 18.5. The number of anilines is 3. The summed E-state index contributed by atoms with van der Waals surface area (Å²) in [6, 6.07) is 13.1. The number of carbonyl (C=O) groups is 2. The molecule has 2 heterocycles. The van der Waals surface area contributed by atoms with E-state index in [4.69, 9.17) is 15.2 Å². The first-order valence-electron chi connectivity index (χ1n) is 12.2. The molecule has 1 aliphatic rings. The normalized spacial score (nSPS) is 13.5. The fourth-order valence-electron chi connectivity index (χ4n) is 3.84. The molecular weight excluding hydrogens is 506 g/mol. The molecule has 1 aliphatic heterocycles. The fraction of sp³-hybridized carbons (Fsp3) is 0.308. The molecule has 13 nitrogen and oxygen atoms in total. The molecule has 1 aromatic heterocycles. The summed E-state index contributed by atoms with van der Waals surface area (Å²) in [6.07, 6.45) is 0.897. The molecule has 0 radical (unpaired) electrons. The van der Waals surface area contributed by atoms with Gasteiger partial charge >= 0.3 is 6.09 Å². The van der Waals surface area contributed by atoms with Gasteiger partial charge < -0.3 is 30.3 Å². The molecule has 1 saturated heterocycles. The summed E-state index contributed by atoms with van der Waals surface area (Å²) in [7, 11) is 0. The largest absolute Gasteiger partial charge is 0.444 e. The molecule has 3 N–H and O–H groups in total. The third-order valence-corrected chi connectivity index (χ3v) is 5.66. The van der Waals surface area contributed by atoms with E-state index in [1.165, 1.54) is 30.5 Å². The standard InChI is InChI=1S/C26H29N7O6/c1-26(2,3)39-25(35)32-13-11-31(12-14-32)18-9-7-17(8-10-18)29-24-22(23(27)34)28-16-21(30-24)38-20-6-4-5-19(15-20)33(36)37/h4-10,15-16H,11-14H2,1-3H3,(H2,27,34)(H,29,30). The van der Waals surface area contributed by atoms with E-state index in [1.807, 2.05) is 45.0 Å². The van der Waals surface area contributed by atoms with Crippen LogP contribution in [0.25, 0.3) is 0 Å². The minimum atomic E-state index is -0.786. The maximum absolute atomic E-state index is 12.3. The SMILES string of the molecule is CC(C)(C)OC(=O)N1CCN(c2ccc(Nc3nc(Oc4cccc([N+](=O)[O-])c4)cnc3C(N)=O)cc2)CC1. The molecule has 0 unspecified atom stereocenters. The molecule has 39 heavy (non-hydrogen) atoms. The second-order valence-electron chi connectivity index (χ2n) is 9.75. The summed E-state index contributed by atoms with van der Waals surface area (Å²) in [5.41, 5.74) is 6.29. The Balaban J connectivity index is 1.43. The van der Waals surface area contributed by atoms with E-state index in [-0.39, 0.29) is 34.9 Å². The van der Waals surface area contributed by atoms with Crippen molar-refractivity contribution in [3.05, 3.63) is 70.5 Å². The molecule has 0 saturated carbocycles. The van der Waals surface area contributed by atoms with Gasteiger partial charge in [-0.1, -0.05) is 6.07 Å². The number of nitro groups is 1. The van der Waals surface area contributed by atoms with Crippen LogP contribution >= 0.6 is 0 Å². The summed E-state index contributed by atoms with van der Waals surface area (Å²) in [5, 5.41) is 14.1. The lowest BCUT2D eigenvalue weighted by molar-refractivity contribution is -0.384. The summed E-state index contributed by atoms with van der Waals surface area (Å²) < 4.78 is 11.1. The molecule has 2 amide bonds. The maximum Gasteiger partial charge on any atom is 0.410 e. The first-order valence-corrected chi connectivity index (χ1v) is 12.2. The minimum absolute atomic E-state index is 0.0162. The van der Waals surface area contributed by atoms with Gasteiger partial charge in [-0.25, -0.2) is 9.78 Å². The number of aromatic nitrogens is 2. The predicted molar refractivity (Wildman–Crippen MR) is 143 cm³/mol. The zero-order chi connectivity index (χ0) is 28.2. The van der Waals surface area contributed by atoms with Crippen molar-refractivity contribution in [1.29, 1.82) is 0 Å². The van der Waals surface area contributed by atoms with Gasteiger partial charge in [0.1, 0.15) is 11.4 Å². The van der Waals surface area contributed by atoms with Gasteiger partial charge in [0, 0.05) is 43.6 Å². The van der Waals surface area contributed by atoms with E-state index in [0.29, 0.717) is 31.9 Å². The third kappa shape index (κ3) is 7.09. The second-order valence-corrected chi connectivity index (χ2v) is 9.75. The van der Waals surface area contributed by atoms with Crippen LogP contribution in [0.15, 0.2) is 54.7 Å². The van der Waals surface area contributed by atoms with E-state index in [2.05, 4.69) is 20.2 Å². The van der Waals surface area contributed by atoms with E-state index in [1.54, 1.807) is 4.90 Å². The Morgan fingerprint density at radius 1 is 1.08 bits per heavy atom. The Kier molecular flexibility index (Phi) is 7.79. The molecule has 4 rings (SSSR count). The molecule has 13 heteroatoms. The monoisotopic (exact) mass is 535 g/mol. The number of nitrogens with two attached hydrogens (primary N) is 1. The number of rotatable bonds is 7. The Bertz CT molecular complexity index is 1370. The van der Waals surface area contributed by atoms with Crippen LogP contribution in [0.3, 0.4) is 0 Å². The molecular formula is C26H29N7O6. The van der Waals surface area contributed by atoms with Gasteiger partial charge in [-0.3, -0.25) is 14.9 Å². The highest BCUT2D eigenvalue weighted by molar-refractivity contribution is 5.96. The number of benzene rings is 2. The highest BCUT2D eigenvalue weighted by Gasteiger charge is 2.26. The summed E-state index contributed by atoms with van der Waals surface area (Å²) in [6.45, 7) is 7.92. The van der Waals surface area contributed by atoms with Gasteiger partial charge in [0.2, 0.25) is 5.88 Å². The number of piperazine rings is 1. The van der Waals surface area contributed by atoms with Gasteiger partial charge in [-0.05, 0) is 51.1 Å².